The normalized spacial score (nSPS) is 14.7. The molecule has 0 spiro atoms. The van der Waals surface area contributed by atoms with Crippen LogP contribution < -0.4 is 15.4 Å². The molecule has 0 bridgehead atoms. The average molecular weight is 449 g/mol. The molecular formula is C27H32N2O2S. The lowest BCUT2D eigenvalue weighted by Crippen LogP contribution is -2.50. The number of nitrogens with one attached hydrogen (secondary N) is 2. The van der Waals surface area contributed by atoms with Crippen LogP contribution >= 0.6 is 11.3 Å². The number of hydrogen-bond acceptors (Lipinski definition) is 5. The molecule has 2 N–H and O–H groups in total. The Morgan fingerprint density at radius 3 is 2.78 bits per heavy atom. The van der Waals surface area contributed by atoms with E-state index in [0.29, 0.717) is 12.3 Å². The van der Waals surface area contributed by atoms with Gasteiger partial charge < -0.3 is 15.4 Å². The predicted octanol–water partition coefficient (Wildman–Crippen LogP) is 5.56. The van der Waals surface area contributed by atoms with E-state index in [-0.39, 0.29) is 11.9 Å². The summed E-state index contributed by atoms with van der Waals surface area (Å²) in [6, 6.07) is 19.0. The van der Waals surface area contributed by atoms with Gasteiger partial charge in [0, 0.05) is 41.4 Å². The van der Waals surface area contributed by atoms with Gasteiger partial charge >= 0.3 is 0 Å². The summed E-state index contributed by atoms with van der Waals surface area (Å²) in [7, 11) is 1.97. The summed E-state index contributed by atoms with van der Waals surface area (Å²) in [5.41, 5.74) is 4.33. The highest BCUT2D eigenvalue weighted by atomic mass is 32.1. The second kappa shape index (κ2) is 10.4. The van der Waals surface area contributed by atoms with Crippen molar-refractivity contribution in [2.24, 2.45) is 0 Å². The zero-order chi connectivity index (χ0) is 22.5. The van der Waals surface area contributed by atoms with Gasteiger partial charge in [0.25, 0.3) is 0 Å². The number of rotatable bonds is 10. The van der Waals surface area contributed by atoms with Crippen molar-refractivity contribution in [3.63, 3.8) is 0 Å². The van der Waals surface area contributed by atoms with E-state index in [1.165, 1.54) is 20.9 Å². The van der Waals surface area contributed by atoms with Gasteiger partial charge in [0.1, 0.15) is 11.9 Å². The average Bonchev–Trinajstić information content (AvgIpc) is 3.24. The van der Waals surface area contributed by atoms with Crippen LogP contribution in [0.2, 0.25) is 0 Å². The summed E-state index contributed by atoms with van der Waals surface area (Å²) < 4.78 is 5.95. The number of ether oxygens (including phenoxy) is 1. The highest BCUT2D eigenvalue weighted by Gasteiger charge is 2.20. The quantitative estimate of drug-likeness (QED) is 0.399. The molecule has 1 saturated heterocycles. The van der Waals surface area contributed by atoms with E-state index in [9.17, 15) is 4.79 Å². The summed E-state index contributed by atoms with van der Waals surface area (Å²) in [6.45, 7) is 6.85. The lowest BCUT2D eigenvalue weighted by molar-refractivity contribution is 0.0975. The maximum absolute atomic E-state index is 13.0. The second-order valence-corrected chi connectivity index (χ2v) is 9.83. The molecule has 2 heterocycles. The van der Waals surface area contributed by atoms with Crippen molar-refractivity contribution < 1.29 is 9.53 Å². The lowest BCUT2D eigenvalue weighted by Gasteiger charge is -2.28. The Morgan fingerprint density at radius 2 is 2.03 bits per heavy atom. The monoisotopic (exact) mass is 448 g/mol. The molecule has 0 radical (unpaired) electrons. The molecule has 4 rings (SSSR count). The molecule has 168 valence electrons. The summed E-state index contributed by atoms with van der Waals surface area (Å²) >= 11 is 1.83. The topological polar surface area (TPSA) is 50.4 Å². The van der Waals surface area contributed by atoms with E-state index in [2.05, 4.69) is 54.0 Å². The van der Waals surface area contributed by atoms with E-state index < -0.39 is 0 Å². The van der Waals surface area contributed by atoms with Gasteiger partial charge in [0.15, 0.2) is 5.78 Å². The third-order valence-electron chi connectivity index (χ3n) is 6.11. The SMILES string of the molecule is CNCc1ccc(-c2cccc([C@@H](C)CCC(=O)c3cc(OC4CNC4)ccc3C)c2)s1. The first-order valence-electron chi connectivity index (χ1n) is 11.4. The van der Waals surface area contributed by atoms with E-state index >= 15 is 0 Å². The van der Waals surface area contributed by atoms with Gasteiger partial charge in [-0.1, -0.05) is 37.3 Å². The zero-order valence-electron chi connectivity index (χ0n) is 19.1. The molecular weight excluding hydrogens is 416 g/mol. The lowest BCUT2D eigenvalue weighted by atomic mass is 9.91. The van der Waals surface area contributed by atoms with Crippen LogP contribution in [0.4, 0.5) is 0 Å². The first kappa shape index (κ1) is 22.7. The molecule has 5 heteroatoms. The number of Topliss-reactive ketones (excluding diaryl/α,β-unsaturated/α-hetero) is 1. The fourth-order valence-electron chi connectivity index (χ4n) is 3.96. The standard InChI is InChI=1S/C27H32N2O2S/c1-18(20-5-4-6-21(13-20)27-12-10-24(32-27)17-28-3)8-11-26(30)25-14-22(9-7-19(25)2)31-23-15-29-16-23/h4-7,9-10,12-14,18,23,28-29H,8,11,15-17H2,1-3H3/t18-/m0/s1. The molecule has 1 fully saturated rings. The Balaban J connectivity index is 1.39. The summed E-state index contributed by atoms with van der Waals surface area (Å²) in [5, 5.41) is 6.41. The number of hydrogen-bond donors (Lipinski definition) is 2. The number of thiophene rings is 1. The van der Waals surface area contributed by atoms with Crippen LogP contribution in [0, 0.1) is 6.92 Å². The van der Waals surface area contributed by atoms with Crippen LogP contribution in [0.15, 0.2) is 54.6 Å². The van der Waals surface area contributed by atoms with Gasteiger partial charge in [0.05, 0.1) is 0 Å². The van der Waals surface area contributed by atoms with Crippen LogP contribution in [0.1, 0.15) is 52.0 Å². The highest BCUT2D eigenvalue weighted by molar-refractivity contribution is 7.15. The van der Waals surface area contributed by atoms with Crippen LogP contribution in [-0.2, 0) is 6.54 Å². The maximum atomic E-state index is 13.0. The molecule has 1 atom stereocenters. The minimum Gasteiger partial charge on any atom is -0.488 e. The molecule has 0 aliphatic carbocycles. The molecule has 4 nitrogen and oxygen atoms in total. The van der Waals surface area contributed by atoms with Crippen LogP contribution in [0.5, 0.6) is 5.75 Å². The first-order chi connectivity index (χ1) is 15.5. The summed E-state index contributed by atoms with van der Waals surface area (Å²) in [4.78, 5) is 15.6. The smallest absolute Gasteiger partial charge is 0.163 e. The third kappa shape index (κ3) is 5.47. The first-order valence-corrected chi connectivity index (χ1v) is 12.2. The van der Waals surface area contributed by atoms with Crippen LogP contribution in [-0.4, -0.2) is 32.0 Å². The molecule has 0 saturated carbocycles. The van der Waals surface area contributed by atoms with E-state index in [1.54, 1.807) is 0 Å². The zero-order valence-corrected chi connectivity index (χ0v) is 19.9. The van der Waals surface area contributed by atoms with E-state index in [1.807, 2.05) is 43.5 Å². The van der Waals surface area contributed by atoms with Crippen molar-refractivity contribution in [1.82, 2.24) is 10.6 Å². The van der Waals surface area contributed by atoms with Crippen molar-refractivity contribution in [1.29, 1.82) is 0 Å². The predicted molar refractivity (Wildman–Crippen MR) is 133 cm³/mol. The molecule has 1 aliphatic heterocycles. The molecule has 1 aromatic heterocycles. The molecule has 0 unspecified atom stereocenters. The van der Waals surface area contributed by atoms with Gasteiger partial charge in [-0.2, -0.15) is 0 Å². The van der Waals surface area contributed by atoms with Gasteiger partial charge in [-0.05, 0) is 67.3 Å². The van der Waals surface area contributed by atoms with Crippen LogP contribution in [0.25, 0.3) is 10.4 Å². The summed E-state index contributed by atoms with van der Waals surface area (Å²) in [5.74, 6) is 1.30. The van der Waals surface area contributed by atoms with Gasteiger partial charge in [-0.3, -0.25) is 4.79 Å². The number of carbonyl (C=O) groups excluding carboxylic acids is 1. The van der Waals surface area contributed by atoms with Crippen LogP contribution in [0.3, 0.4) is 0 Å². The molecule has 1 aliphatic rings. The van der Waals surface area contributed by atoms with Crippen molar-refractivity contribution in [3.05, 3.63) is 76.2 Å². The van der Waals surface area contributed by atoms with Gasteiger partial charge in [-0.15, -0.1) is 11.3 Å². The Labute approximate surface area is 195 Å². The minimum absolute atomic E-state index is 0.192. The Bertz CT molecular complexity index is 1070. The minimum atomic E-state index is 0.192. The Morgan fingerprint density at radius 1 is 1.19 bits per heavy atom. The second-order valence-electron chi connectivity index (χ2n) is 8.66. The summed E-state index contributed by atoms with van der Waals surface area (Å²) in [6.07, 6.45) is 1.58. The van der Waals surface area contributed by atoms with Crippen molar-refractivity contribution in [2.45, 2.75) is 45.3 Å². The fraction of sp³-hybridized carbons (Fsp3) is 0.370. The maximum Gasteiger partial charge on any atom is 0.163 e. The number of benzene rings is 2. The molecule has 3 aromatic rings. The Hall–Kier alpha value is -2.47. The van der Waals surface area contributed by atoms with E-state index in [0.717, 1.165) is 42.9 Å². The number of ketones is 1. The van der Waals surface area contributed by atoms with Crippen molar-refractivity contribution in [2.75, 3.05) is 20.1 Å². The fourth-order valence-corrected chi connectivity index (χ4v) is 4.98. The van der Waals surface area contributed by atoms with E-state index in [4.69, 9.17) is 4.74 Å². The highest BCUT2D eigenvalue weighted by Crippen LogP contribution is 2.32. The molecule has 32 heavy (non-hydrogen) atoms. The molecule has 0 amide bonds. The number of aryl methyl sites for hydroxylation is 1. The van der Waals surface area contributed by atoms with Crippen molar-refractivity contribution >= 4 is 17.1 Å². The number of carbonyl (C=O) groups is 1. The Kier molecular flexibility index (Phi) is 7.40. The van der Waals surface area contributed by atoms with Gasteiger partial charge in [-0.25, -0.2) is 0 Å². The third-order valence-corrected chi connectivity index (χ3v) is 7.25. The molecule has 2 aromatic carbocycles. The van der Waals surface area contributed by atoms with Gasteiger partial charge in [0.2, 0.25) is 0 Å². The van der Waals surface area contributed by atoms with Crippen molar-refractivity contribution in [3.8, 4) is 16.2 Å². The largest absolute Gasteiger partial charge is 0.488 e.